The van der Waals surface area contributed by atoms with E-state index in [-0.39, 0.29) is 49.7 Å². The summed E-state index contributed by atoms with van der Waals surface area (Å²) >= 11 is 0. The second-order valence-corrected chi connectivity index (χ2v) is 3.20. The van der Waals surface area contributed by atoms with Gasteiger partial charge in [-0.05, 0) is 12.0 Å². The molecule has 0 amide bonds. The van der Waals surface area contributed by atoms with Gasteiger partial charge in [-0.25, -0.2) is 0 Å². The summed E-state index contributed by atoms with van der Waals surface area (Å²) in [5, 5.41) is 21.9. The maximum Gasteiger partial charge on any atom is 2.00 e. The molecule has 0 aliphatic heterocycles. The van der Waals surface area contributed by atoms with E-state index in [4.69, 9.17) is 0 Å². The molecule has 0 heterocycles. The van der Waals surface area contributed by atoms with E-state index in [0.717, 1.165) is 0 Å². The topological polar surface area (TPSA) is 80.3 Å². The van der Waals surface area contributed by atoms with Gasteiger partial charge in [0.25, 0.3) is 0 Å². The molecule has 5 heteroatoms. The van der Waals surface area contributed by atoms with Gasteiger partial charge in [0, 0.05) is 0 Å². The molecule has 1 aromatic carbocycles. The molecule has 0 radical (unpaired) electrons. The van der Waals surface area contributed by atoms with Crippen LogP contribution in [0, 0.1) is 0 Å². The van der Waals surface area contributed by atoms with Gasteiger partial charge in [0.05, 0.1) is 17.4 Å². The zero-order valence-corrected chi connectivity index (χ0v) is 11.1. The van der Waals surface area contributed by atoms with Crippen LogP contribution >= 0.6 is 0 Å². The van der Waals surface area contributed by atoms with Crippen molar-refractivity contribution in [3.05, 3.63) is 35.9 Å². The molecule has 0 fully saturated rings. The van der Waals surface area contributed by atoms with E-state index in [1.165, 1.54) is 19.1 Å². The molecule has 1 aromatic rings. The molecule has 0 unspecified atom stereocenters. The minimum absolute atomic E-state index is 0. The molecular weight excluding hydrogens is 236 g/mol. The number of aliphatic carboxylic acids is 2. The number of carboxylic acids is 2. The molecule has 0 saturated heterocycles. The van der Waals surface area contributed by atoms with E-state index >= 15 is 0 Å². The summed E-state index contributed by atoms with van der Waals surface area (Å²) in [5.74, 6) is -3.28. The number of carbonyl (C=O) groups is 2. The van der Waals surface area contributed by atoms with Gasteiger partial charge in [-0.15, -0.1) is 0 Å². The van der Waals surface area contributed by atoms with Crippen LogP contribution in [0.4, 0.5) is 0 Å². The number of hydrogen-bond acceptors (Lipinski definition) is 4. The monoisotopic (exact) mass is 246 g/mol. The van der Waals surface area contributed by atoms with Crippen LogP contribution in [-0.2, 0) is 15.0 Å². The Morgan fingerprint density at radius 2 is 1.56 bits per heavy atom. The molecule has 0 aliphatic rings. The van der Waals surface area contributed by atoms with Crippen molar-refractivity contribution in [3.8, 4) is 0 Å². The summed E-state index contributed by atoms with van der Waals surface area (Å²) < 4.78 is 0. The minimum atomic E-state index is -2.05. The molecule has 0 N–H and O–H groups in total. The smallest absolute Gasteiger partial charge is 0.549 e. The van der Waals surface area contributed by atoms with Crippen LogP contribution in [0.5, 0.6) is 0 Å². The van der Waals surface area contributed by atoms with Crippen molar-refractivity contribution in [1.82, 2.24) is 0 Å². The fourth-order valence-electron chi connectivity index (χ4n) is 1.53. The Kier molecular flexibility index (Phi) is 6.00. The first-order valence-electron chi connectivity index (χ1n) is 4.54. The van der Waals surface area contributed by atoms with E-state index in [0.29, 0.717) is 0 Å². The van der Waals surface area contributed by atoms with Gasteiger partial charge < -0.3 is 19.8 Å². The van der Waals surface area contributed by atoms with Gasteiger partial charge in [-0.1, -0.05) is 37.3 Å². The average molecular weight is 246 g/mol. The van der Waals surface area contributed by atoms with Gasteiger partial charge >= 0.3 is 37.7 Å². The van der Waals surface area contributed by atoms with Crippen molar-refractivity contribution < 1.29 is 19.8 Å². The van der Waals surface area contributed by atoms with E-state index < -0.39 is 17.4 Å². The van der Waals surface area contributed by atoms with Crippen LogP contribution in [0.2, 0.25) is 0 Å². The number of carboxylic acid groups (broad SMARTS) is 2. The van der Waals surface area contributed by atoms with Gasteiger partial charge in [0.1, 0.15) is 0 Å². The van der Waals surface area contributed by atoms with Crippen LogP contribution in [0.3, 0.4) is 0 Å². The fourth-order valence-corrected chi connectivity index (χ4v) is 1.53. The van der Waals surface area contributed by atoms with Crippen LogP contribution in [0.1, 0.15) is 18.9 Å². The largest absolute Gasteiger partial charge is 2.00 e. The van der Waals surface area contributed by atoms with Gasteiger partial charge in [-0.2, -0.15) is 0 Å². The number of carbonyl (C=O) groups excluding carboxylic acids is 2. The third-order valence-corrected chi connectivity index (χ3v) is 2.49. The Hall–Kier alpha value is -0.580. The Morgan fingerprint density at radius 1 is 1.12 bits per heavy atom. The molecular formula is C11H10CaO4. The predicted octanol–water partition coefficient (Wildman–Crippen LogP) is -1.55. The molecule has 16 heavy (non-hydrogen) atoms. The molecule has 0 saturated carbocycles. The maximum atomic E-state index is 11.0. The molecule has 80 valence electrons. The van der Waals surface area contributed by atoms with Gasteiger partial charge in [0.15, 0.2) is 0 Å². The Labute approximate surface area is 123 Å². The number of hydrogen-bond donors (Lipinski definition) is 0. The van der Waals surface area contributed by atoms with Gasteiger partial charge in [0.2, 0.25) is 0 Å². The first-order valence-corrected chi connectivity index (χ1v) is 4.54. The number of benzene rings is 1. The second-order valence-electron chi connectivity index (χ2n) is 3.20. The van der Waals surface area contributed by atoms with E-state index in [9.17, 15) is 19.8 Å². The molecule has 0 bridgehead atoms. The van der Waals surface area contributed by atoms with Crippen molar-refractivity contribution in [2.24, 2.45) is 0 Å². The van der Waals surface area contributed by atoms with E-state index in [1.54, 1.807) is 18.2 Å². The molecule has 0 spiro atoms. The quantitative estimate of drug-likeness (QED) is 0.476. The van der Waals surface area contributed by atoms with Crippen LogP contribution < -0.4 is 10.2 Å². The van der Waals surface area contributed by atoms with Crippen molar-refractivity contribution in [2.45, 2.75) is 18.8 Å². The Balaban J connectivity index is 0.00000225. The molecule has 1 rings (SSSR count). The summed E-state index contributed by atoms with van der Waals surface area (Å²) in [5.41, 5.74) is -1.88. The van der Waals surface area contributed by atoms with E-state index in [1.807, 2.05) is 0 Å². The van der Waals surface area contributed by atoms with Crippen molar-refractivity contribution in [2.75, 3.05) is 0 Å². The number of rotatable bonds is 4. The van der Waals surface area contributed by atoms with Crippen LogP contribution in [0.25, 0.3) is 0 Å². The first kappa shape index (κ1) is 15.4. The fraction of sp³-hybridized carbons (Fsp3) is 0.273. The molecule has 4 nitrogen and oxygen atoms in total. The van der Waals surface area contributed by atoms with Crippen LogP contribution in [-0.4, -0.2) is 49.7 Å². The van der Waals surface area contributed by atoms with Crippen molar-refractivity contribution in [1.29, 1.82) is 0 Å². The Bertz CT molecular complexity index is 361. The Morgan fingerprint density at radius 3 is 1.88 bits per heavy atom. The zero-order chi connectivity index (χ0) is 11.5. The molecule has 0 aliphatic carbocycles. The van der Waals surface area contributed by atoms with Crippen molar-refractivity contribution in [3.63, 3.8) is 0 Å². The van der Waals surface area contributed by atoms with Crippen molar-refractivity contribution >= 4 is 49.7 Å². The predicted molar refractivity (Wildman–Crippen MR) is 54.2 cm³/mol. The zero-order valence-electron chi connectivity index (χ0n) is 8.93. The average Bonchev–Trinajstić information content (AvgIpc) is 2.20. The summed E-state index contributed by atoms with van der Waals surface area (Å²) in [6.45, 7) is 1.47. The maximum absolute atomic E-state index is 11.0. The summed E-state index contributed by atoms with van der Waals surface area (Å²) in [4.78, 5) is 21.9. The summed E-state index contributed by atoms with van der Waals surface area (Å²) in [6.07, 6.45) is -0.109. The SMILES string of the molecule is CCC(C(=O)[O-])(C(=O)[O-])c1ccccc1.[Ca+2]. The molecule has 0 atom stereocenters. The minimum Gasteiger partial charge on any atom is -0.549 e. The van der Waals surface area contributed by atoms with E-state index in [2.05, 4.69) is 0 Å². The standard InChI is InChI=1S/C11H12O4.Ca/c1-2-11(9(12)13,10(14)15)8-6-4-3-5-7-8;/h3-7H,2H2,1H3,(H,12,13)(H,14,15);/q;+2/p-2. The van der Waals surface area contributed by atoms with Gasteiger partial charge in [-0.3, -0.25) is 0 Å². The molecule has 0 aromatic heterocycles. The second kappa shape index (κ2) is 6.23. The summed E-state index contributed by atoms with van der Waals surface area (Å²) in [6, 6.07) is 7.70. The third-order valence-electron chi connectivity index (χ3n) is 2.49. The van der Waals surface area contributed by atoms with Crippen LogP contribution in [0.15, 0.2) is 30.3 Å². The normalized spacial score (nSPS) is 10.3. The summed E-state index contributed by atoms with van der Waals surface area (Å²) in [7, 11) is 0. The first-order chi connectivity index (χ1) is 7.05. The third kappa shape index (κ3) is 2.56.